The minimum Gasteiger partial charge on any atom is -0.312 e. The van der Waals surface area contributed by atoms with E-state index in [2.05, 4.69) is 47.9 Å². The van der Waals surface area contributed by atoms with Crippen molar-refractivity contribution in [1.29, 1.82) is 0 Å². The first-order chi connectivity index (χ1) is 8.40. The van der Waals surface area contributed by atoms with Gasteiger partial charge in [-0.05, 0) is 40.4 Å². The zero-order chi connectivity index (χ0) is 13.7. The van der Waals surface area contributed by atoms with Gasteiger partial charge in [-0.1, -0.05) is 13.8 Å². The molecule has 0 saturated carbocycles. The summed E-state index contributed by atoms with van der Waals surface area (Å²) < 4.78 is 0. The van der Waals surface area contributed by atoms with E-state index in [1.807, 2.05) is 14.1 Å². The Kier molecular flexibility index (Phi) is 5.69. The van der Waals surface area contributed by atoms with Crippen molar-refractivity contribution < 1.29 is 0 Å². The van der Waals surface area contributed by atoms with Crippen molar-refractivity contribution in [3.8, 4) is 0 Å². The lowest BCUT2D eigenvalue weighted by Gasteiger charge is -2.14. The van der Waals surface area contributed by atoms with E-state index in [0.29, 0.717) is 5.92 Å². The Labute approximate surface area is 111 Å². The van der Waals surface area contributed by atoms with Crippen LogP contribution in [-0.4, -0.2) is 35.5 Å². The summed E-state index contributed by atoms with van der Waals surface area (Å²) in [7, 11) is 4.07. The molecule has 0 bridgehead atoms. The maximum atomic E-state index is 4.58. The number of nitrogens with zero attached hydrogens (tertiary/aromatic N) is 3. The lowest BCUT2D eigenvalue weighted by molar-refractivity contribution is 0.389. The summed E-state index contributed by atoms with van der Waals surface area (Å²) in [4.78, 5) is 11.2. The van der Waals surface area contributed by atoms with Crippen LogP contribution < -0.4 is 5.32 Å². The molecule has 0 unspecified atom stereocenters. The van der Waals surface area contributed by atoms with Gasteiger partial charge in [-0.15, -0.1) is 0 Å². The van der Waals surface area contributed by atoms with Gasteiger partial charge in [-0.3, -0.25) is 0 Å². The topological polar surface area (TPSA) is 41.1 Å². The summed E-state index contributed by atoms with van der Waals surface area (Å²) in [5.74, 6) is 1.57. The maximum Gasteiger partial charge on any atom is 0.142 e. The molecule has 0 aliphatic heterocycles. The normalized spacial score (nSPS) is 11.6. The molecule has 1 aromatic rings. The van der Waals surface area contributed by atoms with Crippen LogP contribution in [0.15, 0.2) is 0 Å². The Bertz CT molecular complexity index is 362. The van der Waals surface area contributed by atoms with Crippen LogP contribution in [0.4, 0.5) is 0 Å². The third kappa shape index (κ3) is 4.70. The summed E-state index contributed by atoms with van der Waals surface area (Å²) in [6, 6.07) is 0. The molecule has 0 fully saturated rings. The van der Waals surface area contributed by atoms with Gasteiger partial charge in [0.15, 0.2) is 0 Å². The Morgan fingerprint density at radius 2 is 1.67 bits per heavy atom. The Hall–Kier alpha value is -1.00. The van der Waals surface area contributed by atoms with Gasteiger partial charge in [0.1, 0.15) is 5.82 Å². The van der Waals surface area contributed by atoms with Gasteiger partial charge in [0.25, 0.3) is 0 Å². The Morgan fingerprint density at radius 3 is 2.11 bits per heavy atom. The first-order valence-electron chi connectivity index (χ1n) is 6.58. The van der Waals surface area contributed by atoms with Gasteiger partial charge >= 0.3 is 0 Å². The van der Waals surface area contributed by atoms with Crippen molar-refractivity contribution in [2.45, 2.75) is 40.8 Å². The van der Waals surface area contributed by atoms with Crippen LogP contribution in [0, 0.1) is 19.8 Å². The summed E-state index contributed by atoms with van der Waals surface area (Å²) in [6.45, 7) is 11.2. The molecule has 1 N–H and O–H groups in total. The molecule has 0 aliphatic rings. The fraction of sp³-hybridized carbons (Fsp3) is 0.714. The molecular weight excluding hydrogens is 224 g/mol. The summed E-state index contributed by atoms with van der Waals surface area (Å²) >= 11 is 0. The molecule has 0 spiro atoms. The SMILES string of the molecule is Cc1nc(CN(C)C)nc(C)c1CNCC(C)C. The minimum atomic E-state index is 0.666. The van der Waals surface area contributed by atoms with Gasteiger partial charge in [0.2, 0.25) is 0 Å². The average molecular weight is 250 g/mol. The van der Waals surface area contributed by atoms with E-state index in [1.54, 1.807) is 0 Å². The van der Waals surface area contributed by atoms with Crippen LogP contribution in [-0.2, 0) is 13.1 Å². The summed E-state index contributed by atoms with van der Waals surface area (Å²) in [5.41, 5.74) is 3.42. The molecule has 0 radical (unpaired) electrons. The van der Waals surface area contributed by atoms with Gasteiger partial charge in [-0.25, -0.2) is 9.97 Å². The van der Waals surface area contributed by atoms with E-state index < -0.39 is 0 Å². The molecule has 0 saturated heterocycles. The van der Waals surface area contributed by atoms with Crippen LogP contribution in [0.5, 0.6) is 0 Å². The van der Waals surface area contributed by atoms with Gasteiger partial charge in [0, 0.05) is 23.5 Å². The molecule has 1 rings (SSSR count). The van der Waals surface area contributed by atoms with Crippen LogP contribution in [0.3, 0.4) is 0 Å². The van der Waals surface area contributed by atoms with Crippen LogP contribution in [0.2, 0.25) is 0 Å². The fourth-order valence-corrected chi connectivity index (χ4v) is 1.90. The average Bonchev–Trinajstić information content (AvgIpc) is 2.20. The number of aromatic nitrogens is 2. The molecule has 4 nitrogen and oxygen atoms in total. The number of nitrogens with one attached hydrogen (secondary N) is 1. The largest absolute Gasteiger partial charge is 0.312 e. The lowest BCUT2D eigenvalue weighted by atomic mass is 10.1. The Morgan fingerprint density at radius 1 is 1.11 bits per heavy atom. The van der Waals surface area contributed by atoms with Crippen molar-refractivity contribution in [3.63, 3.8) is 0 Å². The number of hydrogen-bond acceptors (Lipinski definition) is 4. The van der Waals surface area contributed by atoms with E-state index in [-0.39, 0.29) is 0 Å². The first-order valence-corrected chi connectivity index (χ1v) is 6.58. The maximum absolute atomic E-state index is 4.58. The number of aryl methyl sites for hydroxylation is 2. The second-order valence-corrected chi connectivity index (χ2v) is 5.55. The Balaban J connectivity index is 2.74. The molecule has 1 heterocycles. The lowest BCUT2D eigenvalue weighted by Crippen LogP contribution is -2.22. The van der Waals surface area contributed by atoms with Crippen LogP contribution in [0.1, 0.15) is 36.6 Å². The quantitative estimate of drug-likeness (QED) is 0.837. The van der Waals surface area contributed by atoms with Crippen molar-refractivity contribution in [1.82, 2.24) is 20.2 Å². The number of rotatable bonds is 6. The minimum absolute atomic E-state index is 0.666. The van der Waals surface area contributed by atoms with Crippen molar-refractivity contribution >= 4 is 0 Å². The first kappa shape index (κ1) is 15.1. The van der Waals surface area contributed by atoms with Crippen molar-refractivity contribution in [3.05, 3.63) is 22.8 Å². The van der Waals surface area contributed by atoms with E-state index >= 15 is 0 Å². The molecule has 0 aromatic carbocycles. The molecule has 0 aliphatic carbocycles. The zero-order valence-corrected chi connectivity index (χ0v) is 12.5. The van der Waals surface area contributed by atoms with E-state index in [1.165, 1.54) is 5.56 Å². The fourth-order valence-electron chi connectivity index (χ4n) is 1.90. The van der Waals surface area contributed by atoms with Crippen LogP contribution in [0.25, 0.3) is 0 Å². The van der Waals surface area contributed by atoms with E-state index in [4.69, 9.17) is 0 Å². The highest BCUT2D eigenvalue weighted by Gasteiger charge is 2.09. The van der Waals surface area contributed by atoms with Crippen LogP contribution >= 0.6 is 0 Å². The van der Waals surface area contributed by atoms with E-state index in [0.717, 1.165) is 36.8 Å². The standard InChI is InChI=1S/C14H26N4/c1-10(2)7-15-8-13-11(3)16-14(9-18(5)6)17-12(13)4/h10,15H,7-9H2,1-6H3. The molecule has 18 heavy (non-hydrogen) atoms. The third-order valence-corrected chi connectivity index (χ3v) is 2.78. The molecule has 1 aromatic heterocycles. The van der Waals surface area contributed by atoms with E-state index in [9.17, 15) is 0 Å². The molecule has 0 amide bonds. The van der Waals surface area contributed by atoms with Gasteiger partial charge < -0.3 is 10.2 Å². The highest BCUT2D eigenvalue weighted by atomic mass is 15.1. The molecular formula is C14H26N4. The molecule has 0 atom stereocenters. The third-order valence-electron chi connectivity index (χ3n) is 2.78. The summed E-state index contributed by atoms with van der Waals surface area (Å²) in [6.07, 6.45) is 0. The summed E-state index contributed by atoms with van der Waals surface area (Å²) in [5, 5.41) is 3.45. The predicted octanol–water partition coefficient (Wildman–Crippen LogP) is 1.90. The molecule has 102 valence electrons. The smallest absolute Gasteiger partial charge is 0.142 e. The highest BCUT2D eigenvalue weighted by Crippen LogP contribution is 2.10. The van der Waals surface area contributed by atoms with Gasteiger partial charge in [-0.2, -0.15) is 0 Å². The number of hydrogen-bond donors (Lipinski definition) is 1. The highest BCUT2D eigenvalue weighted by molar-refractivity contribution is 5.24. The van der Waals surface area contributed by atoms with Crippen molar-refractivity contribution in [2.75, 3.05) is 20.6 Å². The monoisotopic (exact) mass is 250 g/mol. The van der Waals surface area contributed by atoms with Crippen molar-refractivity contribution in [2.24, 2.45) is 5.92 Å². The second-order valence-electron chi connectivity index (χ2n) is 5.55. The zero-order valence-electron chi connectivity index (χ0n) is 12.5. The molecule has 4 heteroatoms. The van der Waals surface area contributed by atoms with Gasteiger partial charge in [0.05, 0.1) is 6.54 Å². The second kappa shape index (κ2) is 6.81. The predicted molar refractivity (Wildman–Crippen MR) is 75.4 cm³/mol.